The van der Waals surface area contributed by atoms with Gasteiger partial charge in [0.2, 0.25) is 11.8 Å². The van der Waals surface area contributed by atoms with Crippen molar-refractivity contribution in [2.24, 2.45) is 5.92 Å². The van der Waals surface area contributed by atoms with Gasteiger partial charge in [-0.15, -0.1) is 0 Å². The van der Waals surface area contributed by atoms with Crippen molar-refractivity contribution >= 4 is 11.6 Å². The molecule has 0 aromatic carbocycles. The molecule has 0 atom stereocenters. The Morgan fingerprint density at radius 2 is 2.04 bits per heavy atom. The van der Waals surface area contributed by atoms with E-state index >= 15 is 0 Å². The van der Waals surface area contributed by atoms with E-state index in [0.717, 1.165) is 25.7 Å². The molecule has 1 saturated carbocycles. The maximum atomic E-state index is 12.7. The Labute approximate surface area is 131 Å². The molecule has 1 N–H and O–H groups in total. The molecule has 0 bridgehead atoms. The van der Waals surface area contributed by atoms with Gasteiger partial charge in [-0.3, -0.25) is 4.79 Å². The van der Waals surface area contributed by atoms with E-state index in [1.807, 2.05) is 0 Å². The van der Waals surface area contributed by atoms with Crippen LogP contribution in [0.1, 0.15) is 32.1 Å². The van der Waals surface area contributed by atoms with Gasteiger partial charge in [0, 0.05) is 12.5 Å². The fourth-order valence-electron chi connectivity index (χ4n) is 2.46. The summed E-state index contributed by atoms with van der Waals surface area (Å²) in [4.78, 5) is 15.5. The topological polar surface area (TPSA) is 51.2 Å². The van der Waals surface area contributed by atoms with Gasteiger partial charge >= 0.3 is 12.3 Å². The predicted octanol–water partition coefficient (Wildman–Crippen LogP) is 3.88. The molecular formula is C15H18F4N2O2. The molecule has 4 nitrogen and oxygen atoms in total. The average Bonchev–Trinajstić information content (AvgIpc) is 2.99. The number of aromatic nitrogens is 1. The Bertz CT molecular complexity index is 517. The maximum Gasteiger partial charge on any atom is 0.340 e. The number of nitrogens with one attached hydrogen (secondary N) is 1. The highest BCUT2D eigenvalue weighted by Crippen LogP contribution is 2.28. The third-order valence-corrected chi connectivity index (χ3v) is 3.70. The van der Waals surface area contributed by atoms with E-state index in [1.165, 1.54) is 18.3 Å². The van der Waals surface area contributed by atoms with Crippen LogP contribution in [0.3, 0.4) is 0 Å². The lowest BCUT2D eigenvalue weighted by Gasteiger charge is -2.15. The molecule has 128 valence electrons. The number of halogens is 4. The summed E-state index contributed by atoms with van der Waals surface area (Å²) in [5.74, 6) is -4.16. The summed E-state index contributed by atoms with van der Waals surface area (Å²) in [6.45, 7) is -1.45. The lowest BCUT2D eigenvalue weighted by Crippen LogP contribution is -2.33. The van der Waals surface area contributed by atoms with Crippen LogP contribution in [0, 0.1) is 5.92 Å². The van der Waals surface area contributed by atoms with Gasteiger partial charge in [-0.25, -0.2) is 13.8 Å². The fourth-order valence-corrected chi connectivity index (χ4v) is 2.46. The SMILES string of the molecule is O=C(CC1CCCC1)Nc1ccc(OCC(F)(F)C(F)F)nc1. The van der Waals surface area contributed by atoms with Crippen LogP contribution in [-0.4, -0.2) is 29.8 Å². The zero-order valence-corrected chi connectivity index (χ0v) is 12.4. The second-order valence-electron chi connectivity index (χ2n) is 5.64. The van der Waals surface area contributed by atoms with Crippen molar-refractivity contribution in [3.8, 4) is 5.88 Å². The van der Waals surface area contributed by atoms with E-state index < -0.39 is 19.0 Å². The third-order valence-electron chi connectivity index (χ3n) is 3.70. The van der Waals surface area contributed by atoms with Crippen LogP contribution in [0.4, 0.5) is 23.2 Å². The first-order valence-electron chi connectivity index (χ1n) is 7.41. The highest BCUT2D eigenvalue weighted by atomic mass is 19.3. The number of amides is 1. The van der Waals surface area contributed by atoms with Gasteiger partial charge in [0.25, 0.3) is 0 Å². The molecule has 1 fully saturated rings. The van der Waals surface area contributed by atoms with Crippen molar-refractivity contribution in [3.05, 3.63) is 18.3 Å². The monoisotopic (exact) mass is 334 g/mol. The minimum Gasteiger partial charge on any atom is -0.471 e. The Morgan fingerprint density at radius 3 is 2.61 bits per heavy atom. The van der Waals surface area contributed by atoms with Crippen molar-refractivity contribution in [2.75, 3.05) is 11.9 Å². The van der Waals surface area contributed by atoms with Gasteiger partial charge in [0.1, 0.15) is 0 Å². The van der Waals surface area contributed by atoms with E-state index in [0.29, 0.717) is 18.0 Å². The molecule has 0 aliphatic heterocycles. The quantitative estimate of drug-likeness (QED) is 0.770. The highest BCUT2D eigenvalue weighted by molar-refractivity contribution is 5.90. The summed E-state index contributed by atoms with van der Waals surface area (Å²) >= 11 is 0. The standard InChI is InChI=1S/C15H18F4N2O2/c16-14(17)15(18,19)9-23-13-6-5-11(8-20-13)21-12(22)7-10-3-1-2-4-10/h5-6,8,10,14H,1-4,7,9H2,(H,21,22). The maximum absolute atomic E-state index is 12.7. The van der Waals surface area contributed by atoms with Crippen molar-refractivity contribution < 1.29 is 27.1 Å². The Morgan fingerprint density at radius 1 is 1.35 bits per heavy atom. The smallest absolute Gasteiger partial charge is 0.340 e. The van der Waals surface area contributed by atoms with Crippen molar-refractivity contribution in [3.63, 3.8) is 0 Å². The molecule has 0 unspecified atom stereocenters. The van der Waals surface area contributed by atoms with Crippen molar-refractivity contribution in [1.82, 2.24) is 4.98 Å². The largest absolute Gasteiger partial charge is 0.471 e. The molecule has 23 heavy (non-hydrogen) atoms. The Hall–Kier alpha value is -1.86. The van der Waals surface area contributed by atoms with Crippen molar-refractivity contribution in [2.45, 2.75) is 44.5 Å². The molecule has 1 aliphatic carbocycles. The number of carbonyl (C=O) groups excluding carboxylic acids is 1. The summed E-state index contributed by atoms with van der Waals surface area (Å²) in [6.07, 6.45) is 2.29. The van der Waals surface area contributed by atoms with E-state index in [1.54, 1.807) is 0 Å². The number of alkyl halides is 4. The van der Waals surface area contributed by atoms with Crippen LogP contribution in [0.25, 0.3) is 0 Å². The normalized spacial score (nSPS) is 15.9. The van der Waals surface area contributed by atoms with Gasteiger partial charge in [-0.05, 0) is 24.8 Å². The second kappa shape index (κ2) is 7.61. The second-order valence-corrected chi connectivity index (χ2v) is 5.64. The molecular weight excluding hydrogens is 316 g/mol. The zero-order valence-electron chi connectivity index (χ0n) is 12.4. The summed E-state index contributed by atoms with van der Waals surface area (Å²) in [7, 11) is 0. The Kier molecular flexibility index (Phi) is 5.79. The summed E-state index contributed by atoms with van der Waals surface area (Å²) < 4.78 is 54.0. The highest BCUT2D eigenvalue weighted by Gasteiger charge is 2.41. The molecule has 1 aromatic heterocycles. The first-order chi connectivity index (χ1) is 10.9. The van der Waals surface area contributed by atoms with E-state index in [-0.39, 0.29) is 11.8 Å². The minimum atomic E-state index is -4.23. The molecule has 0 radical (unpaired) electrons. The molecule has 0 spiro atoms. The number of hydrogen-bond acceptors (Lipinski definition) is 3. The number of pyridine rings is 1. The van der Waals surface area contributed by atoms with Gasteiger partial charge in [0.15, 0.2) is 6.61 Å². The predicted molar refractivity (Wildman–Crippen MR) is 75.9 cm³/mol. The number of ether oxygens (including phenoxy) is 1. The first-order valence-corrected chi connectivity index (χ1v) is 7.41. The Balaban J connectivity index is 1.80. The van der Waals surface area contributed by atoms with Crippen LogP contribution in [0.5, 0.6) is 5.88 Å². The number of rotatable bonds is 7. The molecule has 2 rings (SSSR count). The third kappa shape index (κ3) is 5.37. The minimum absolute atomic E-state index is 0.128. The molecule has 8 heteroatoms. The van der Waals surface area contributed by atoms with Crippen molar-refractivity contribution in [1.29, 1.82) is 0 Å². The summed E-state index contributed by atoms with van der Waals surface area (Å²) in [5, 5.41) is 2.66. The van der Waals surface area contributed by atoms with Gasteiger partial charge in [-0.1, -0.05) is 12.8 Å². The van der Waals surface area contributed by atoms with Crippen LogP contribution in [0.2, 0.25) is 0 Å². The number of nitrogens with zero attached hydrogens (tertiary/aromatic N) is 1. The lowest BCUT2D eigenvalue weighted by molar-refractivity contribution is -0.148. The lowest BCUT2D eigenvalue weighted by atomic mass is 10.0. The molecule has 1 aromatic rings. The first kappa shape index (κ1) is 17.5. The molecule has 0 saturated heterocycles. The van der Waals surface area contributed by atoms with Crippen LogP contribution in [-0.2, 0) is 4.79 Å². The number of anilines is 1. The van der Waals surface area contributed by atoms with Crippen LogP contribution >= 0.6 is 0 Å². The zero-order chi connectivity index (χ0) is 16.9. The molecule has 1 aliphatic rings. The van der Waals surface area contributed by atoms with E-state index in [4.69, 9.17) is 0 Å². The van der Waals surface area contributed by atoms with Crippen LogP contribution in [0.15, 0.2) is 18.3 Å². The fraction of sp³-hybridized carbons (Fsp3) is 0.600. The van der Waals surface area contributed by atoms with E-state index in [2.05, 4.69) is 15.0 Å². The van der Waals surface area contributed by atoms with Crippen LogP contribution < -0.4 is 10.1 Å². The van der Waals surface area contributed by atoms with Gasteiger partial charge in [0.05, 0.1) is 11.9 Å². The van der Waals surface area contributed by atoms with Gasteiger partial charge in [-0.2, -0.15) is 8.78 Å². The number of hydrogen-bond donors (Lipinski definition) is 1. The summed E-state index contributed by atoms with van der Waals surface area (Å²) in [6, 6.07) is 2.67. The van der Waals surface area contributed by atoms with E-state index in [9.17, 15) is 22.4 Å². The summed E-state index contributed by atoms with van der Waals surface area (Å²) in [5.41, 5.74) is 0.404. The number of carbonyl (C=O) groups is 1. The molecule has 1 amide bonds. The average molecular weight is 334 g/mol. The van der Waals surface area contributed by atoms with Gasteiger partial charge < -0.3 is 10.1 Å². The molecule has 1 heterocycles.